The molecule has 0 saturated carbocycles. The van der Waals surface area contributed by atoms with E-state index in [9.17, 15) is 14.0 Å². The standard InChI is InChI=1S/C18H19FN2O2/c1-12-7-8-14(9-13(12)2)18(23)21(3)11-17(22)20-16-6-4-5-15(19)10-16/h4-10H,11H2,1-3H3,(H,20,22). The van der Waals surface area contributed by atoms with Crippen LogP contribution in [-0.2, 0) is 4.79 Å². The van der Waals surface area contributed by atoms with Crippen LogP contribution in [0, 0.1) is 19.7 Å². The SMILES string of the molecule is Cc1ccc(C(=O)N(C)CC(=O)Nc2cccc(F)c2)cc1C. The Hall–Kier alpha value is -2.69. The maximum absolute atomic E-state index is 13.1. The molecule has 1 N–H and O–H groups in total. The number of nitrogens with one attached hydrogen (secondary N) is 1. The number of carbonyl (C=O) groups excluding carboxylic acids is 2. The Bertz CT molecular complexity index is 744. The van der Waals surface area contributed by atoms with Crippen molar-refractivity contribution in [3.63, 3.8) is 0 Å². The molecule has 120 valence electrons. The highest BCUT2D eigenvalue weighted by Crippen LogP contribution is 2.12. The van der Waals surface area contributed by atoms with Gasteiger partial charge in [0.15, 0.2) is 0 Å². The summed E-state index contributed by atoms with van der Waals surface area (Å²) < 4.78 is 13.1. The van der Waals surface area contributed by atoms with Gasteiger partial charge in [0, 0.05) is 18.3 Å². The number of amides is 2. The molecule has 0 fully saturated rings. The molecule has 23 heavy (non-hydrogen) atoms. The third-order valence-corrected chi connectivity index (χ3v) is 3.59. The molecule has 0 atom stereocenters. The minimum atomic E-state index is -0.428. The summed E-state index contributed by atoms with van der Waals surface area (Å²) in [6, 6.07) is 11.0. The Kier molecular flexibility index (Phi) is 5.11. The lowest BCUT2D eigenvalue weighted by Crippen LogP contribution is -2.35. The Morgan fingerprint density at radius 2 is 1.83 bits per heavy atom. The lowest BCUT2D eigenvalue weighted by molar-refractivity contribution is -0.116. The number of rotatable bonds is 4. The molecule has 0 unspecified atom stereocenters. The van der Waals surface area contributed by atoms with Crippen LogP contribution < -0.4 is 5.32 Å². The smallest absolute Gasteiger partial charge is 0.254 e. The van der Waals surface area contributed by atoms with E-state index in [1.54, 1.807) is 25.2 Å². The van der Waals surface area contributed by atoms with E-state index in [1.165, 1.54) is 23.1 Å². The first-order valence-corrected chi connectivity index (χ1v) is 7.25. The van der Waals surface area contributed by atoms with Crippen LogP contribution in [0.15, 0.2) is 42.5 Å². The largest absolute Gasteiger partial charge is 0.332 e. The van der Waals surface area contributed by atoms with Crippen molar-refractivity contribution in [2.45, 2.75) is 13.8 Å². The third-order valence-electron chi connectivity index (χ3n) is 3.59. The first kappa shape index (κ1) is 16.7. The molecule has 2 aromatic carbocycles. The van der Waals surface area contributed by atoms with Crippen molar-refractivity contribution in [3.8, 4) is 0 Å². The van der Waals surface area contributed by atoms with E-state index in [4.69, 9.17) is 0 Å². The molecular weight excluding hydrogens is 295 g/mol. The molecule has 0 aliphatic carbocycles. The number of hydrogen-bond acceptors (Lipinski definition) is 2. The topological polar surface area (TPSA) is 49.4 Å². The number of aryl methyl sites for hydroxylation is 2. The molecule has 2 amide bonds. The Labute approximate surface area is 134 Å². The van der Waals surface area contributed by atoms with Crippen molar-refractivity contribution in [1.82, 2.24) is 4.90 Å². The van der Waals surface area contributed by atoms with Crippen LogP contribution in [-0.4, -0.2) is 30.3 Å². The van der Waals surface area contributed by atoms with Gasteiger partial charge in [-0.25, -0.2) is 4.39 Å². The van der Waals surface area contributed by atoms with Crippen LogP contribution in [0.2, 0.25) is 0 Å². The lowest BCUT2D eigenvalue weighted by Gasteiger charge is -2.17. The number of likely N-dealkylation sites (N-methyl/N-ethyl adjacent to an activating group) is 1. The van der Waals surface area contributed by atoms with Crippen LogP contribution in [0.5, 0.6) is 0 Å². The quantitative estimate of drug-likeness (QED) is 0.942. The molecule has 0 bridgehead atoms. The van der Waals surface area contributed by atoms with Crippen molar-refractivity contribution in [1.29, 1.82) is 0 Å². The van der Waals surface area contributed by atoms with E-state index in [1.807, 2.05) is 19.9 Å². The summed E-state index contributed by atoms with van der Waals surface area (Å²) in [5.41, 5.74) is 3.03. The predicted octanol–water partition coefficient (Wildman–Crippen LogP) is 3.15. The zero-order chi connectivity index (χ0) is 17.0. The summed E-state index contributed by atoms with van der Waals surface area (Å²) in [5.74, 6) is -1.04. The average molecular weight is 314 g/mol. The Morgan fingerprint density at radius 3 is 2.48 bits per heavy atom. The zero-order valence-corrected chi connectivity index (χ0v) is 13.4. The van der Waals surface area contributed by atoms with Crippen molar-refractivity contribution < 1.29 is 14.0 Å². The molecule has 0 heterocycles. The van der Waals surface area contributed by atoms with E-state index < -0.39 is 5.82 Å². The Morgan fingerprint density at radius 1 is 1.09 bits per heavy atom. The molecule has 0 saturated heterocycles. The lowest BCUT2D eigenvalue weighted by atomic mass is 10.1. The third kappa shape index (κ3) is 4.39. The van der Waals surface area contributed by atoms with Gasteiger partial charge in [-0.3, -0.25) is 9.59 Å². The second-order valence-corrected chi connectivity index (χ2v) is 5.52. The number of carbonyl (C=O) groups is 2. The zero-order valence-electron chi connectivity index (χ0n) is 13.4. The first-order valence-electron chi connectivity index (χ1n) is 7.25. The van der Waals surface area contributed by atoms with Crippen LogP contribution in [0.4, 0.5) is 10.1 Å². The van der Waals surface area contributed by atoms with Crippen LogP contribution in [0.1, 0.15) is 21.5 Å². The molecule has 0 spiro atoms. The van der Waals surface area contributed by atoms with Gasteiger partial charge in [0.2, 0.25) is 5.91 Å². The number of hydrogen-bond donors (Lipinski definition) is 1. The van der Waals surface area contributed by atoms with E-state index in [0.717, 1.165) is 11.1 Å². The van der Waals surface area contributed by atoms with Gasteiger partial charge in [-0.1, -0.05) is 12.1 Å². The van der Waals surface area contributed by atoms with Gasteiger partial charge in [-0.15, -0.1) is 0 Å². The molecular formula is C18H19FN2O2. The van der Waals surface area contributed by atoms with Gasteiger partial charge in [0.25, 0.3) is 5.91 Å². The highest BCUT2D eigenvalue weighted by atomic mass is 19.1. The minimum Gasteiger partial charge on any atom is -0.332 e. The van der Waals surface area contributed by atoms with Gasteiger partial charge < -0.3 is 10.2 Å². The van der Waals surface area contributed by atoms with Crippen molar-refractivity contribution in [2.24, 2.45) is 0 Å². The summed E-state index contributed by atoms with van der Waals surface area (Å²) in [6.07, 6.45) is 0. The molecule has 2 rings (SSSR count). The summed E-state index contributed by atoms with van der Waals surface area (Å²) >= 11 is 0. The normalized spacial score (nSPS) is 10.3. The molecule has 5 heteroatoms. The van der Waals surface area contributed by atoms with E-state index in [-0.39, 0.29) is 18.4 Å². The molecule has 0 radical (unpaired) electrons. The fourth-order valence-corrected chi connectivity index (χ4v) is 2.15. The fourth-order valence-electron chi connectivity index (χ4n) is 2.15. The highest BCUT2D eigenvalue weighted by Gasteiger charge is 2.15. The number of anilines is 1. The van der Waals surface area contributed by atoms with Crippen molar-refractivity contribution >= 4 is 17.5 Å². The summed E-state index contributed by atoms with van der Waals surface area (Å²) in [4.78, 5) is 25.6. The van der Waals surface area contributed by atoms with Crippen molar-refractivity contribution in [3.05, 3.63) is 65.0 Å². The molecule has 0 aliphatic heterocycles. The molecule has 0 aromatic heterocycles. The second kappa shape index (κ2) is 7.05. The van der Waals surface area contributed by atoms with E-state index in [0.29, 0.717) is 11.3 Å². The van der Waals surface area contributed by atoms with Gasteiger partial charge >= 0.3 is 0 Å². The van der Waals surface area contributed by atoms with E-state index >= 15 is 0 Å². The molecule has 4 nitrogen and oxygen atoms in total. The Balaban J connectivity index is 2.00. The van der Waals surface area contributed by atoms with Crippen molar-refractivity contribution in [2.75, 3.05) is 18.9 Å². The monoisotopic (exact) mass is 314 g/mol. The summed E-state index contributed by atoms with van der Waals surface area (Å²) in [5, 5.41) is 2.57. The van der Waals surface area contributed by atoms with E-state index in [2.05, 4.69) is 5.32 Å². The maximum Gasteiger partial charge on any atom is 0.254 e. The summed E-state index contributed by atoms with van der Waals surface area (Å²) in [7, 11) is 1.56. The predicted molar refractivity (Wildman–Crippen MR) is 87.9 cm³/mol. The fraction of sp³-hybridized carbons (Fsp3) is 0.222. The highest BCUT2D eigenvalue weighted by molar-refractivity contribution is 5.99. The van der Waals surface area contributed by atoms with Gasteiger partial charge in [0.05, 0.1) is 6.54 Å². The van der Waals surface area contributed by atoms with Crippen LogP contribution in [0.25, 0.3) is 0 Å². The average Bonchev–Trinajstić information content (AvgIpc) is 2.49. The molecule has 2 aromatic rings. The van der Waals surface area contributed by atoms with Gasteiger partial charge in [0.1, 0.15) is 5.82 Å². The van der Waals surface area contributed by atoms with Crippen LogP contribution in [0.3, 0.4) is 0 Å². The number of nitrogens with zero attached hydrogens (tertiary/aromatic N) is 1. The van der Waals surface area contributed by atoms with Crippen LogP contribution >= 0.6 is 0 Å². The minimum absolute atomic E-state index is 0.109. The number of benzene rings is 2. The maximum atomic E-state index is 13.1. The molecule has 0 aliphatic rings. The van der Waals surface area contributed by atoms with Gasteiger partial charge in [-0.05, 0) is 55.3 Å². The summed E-state index contributed by atoms with van der Waals surface area (Å²) in [6.45, 7) is 3.80. The second-order valence-electron chi connectivity index (χ2n) is 5.52. The number of halogens is 1. The first-order chi connectivity index (χ1) is 10.9. The van der Waals surface area contributed by atoms with Gasteiger partial charge in [-0.2, -0.15) is 0 Å².